The van der Waals surface area contributed by atoms with Gasteiger partial charge in [0, 0.05) is 29.2 Å². The molecule has 32 heavy (non-hydrogen) atoms. The highest BCUT2D eigenvalue weighted by atomic mass is 16.5. The summed E-state index contributed by atoms with van der Waals surface area (Å²) in [5.41, 5.74) is 3.02. The van der Waals surface area contributed by atoms with Gasteiger partial charge in [0.2, 0.25) is 5.95 Å². The van der Waals surface area contributed by atoms with Crippen LogP contribution in [0.25, 0.3) is 11.1 Å². The zero-order valence-corrected chi connectivity index (χ0v) is 17.6. The summed E-state index contributed by atoms with van der Waals surface area (Å²) in [5.74, 6) is 0.859. The van der Waals surface area contributed by atoms with Gasteiger partial charge in [-0.2, -0.15) is 4.98 Å². The first kappa shape index (κ1) is 19.6. The first-order chi connectivity index (χ1) is 15.3. The Morgan fingerprint density at radius 3 is 2.66 bits per heavy atom. The number of anilines is 5. The SMILES string of the molecule is Cc1cnc(Nc2ccc3c(c2)OC(C)(C)C(=O)N3)nc1Nc1ccc2oc(=O)[nH]c2c1. The van der Waals surface area contributed by atoms with Crippen molar-refractivity contribution in [1.29, 1.82) is 0 Å². The zero-order valence-electron chi connectivity index (χ0n) is 17.6. The van der Waals surface area contributed by atoms with Crippen LogP contribution in [-0.2, 0) is 4.79 Å². The van der Waals surface area contributed by atoms with Crippen molar-refractivity contribution in [2.45, 2.75) is 26.4 Å². The molecule has 3 heterocycles. The minimum Gasteiger partial charge on any atom is -0.476 e. The first-order valence-corrected chi connectivity index (χ1v) is 9.92. The number of nitrogens with zero attached hydrogens (tertiary/aromatic N) is 2. The second-order valence-corrected chi connectivity index (χ2v) is 7.98. The number of aryl methyl sites for hydroxylation is 1. The lowest BCUT2D eigenvalue weighted by Gasteiger charge is -2.31. The van der Waals surface area contributed by atoms with E-state index in [1.54, 1.807) is 56.4 Å². The van der Waals surface area contributed by atoms with Crippen molar-refractivity contribution in [1.82, 2.24) is 15.0 Å². The standard InChI is InChI=1S/C22H20N6O4/c1-11-10-23-20(25-13-4-6-14-17(9-13)32-22(2,3)19(29)26-14)28-18(11)24-12-5-7-16-15(8-12)27-21(30)31-16/h4-10H,1-3H3,(H,26,29)(H,27,30)(H2,23,24,25,28). The second-order valence-electron chi connectivity index (χ2n) is 7.98. The molecule has 1 amide bonds. The van der Waals surface area contributed by atoms with E-state index in [2.05, 4.69) is 30.9 Å². The lowest BCUT2D eigenvalue weighted by atomic mass is 10.1. The van der Waals surface area contributed by atoms with Crippen molar-refractivity contribution in [3.63, 3.8) is 0 Å². The van der Waals surface area contributed by atoms with Crippen LogP contribution in [0.2, 0.25) is 0 Å². The highest BCUT2D eigenvalue weighted by Crippen LogP contribution is 2.36. The number of rotatable bonds is 4. The second kappa shape index (κ2) is 7.12. The Morgan fingerprint density at radius 1 is 1.03 bits per heavy atom. The van der Waals surface area contributed by atoms with Gasteiger partial charge in [0.25, 0.3) is 5.91 Å². The van der Waals surface area contributed by atoms with Crippen molar-refractivity contribution in [3.05, 3.63) is 58.7 Å². The molecule has 4 N–H and O–H groups in total. The van der Waals surface area contributed by atoms with Gasteiger partial charge in [0.05, 0.1) is 11.2 Å². The Balaban J connectivity index is 1.39. The molecule has 1 aliphatic heterocycles. The number of fused-ring (bicyclic) bond motifs is 2. The van der Waals surface area contributed by atoms with Crippen molar-refractivity contribution in [2.24, 2.45) is 0 Å². The van der Waals surface area contributed by atoms with E-state index in [9.17, 15) is 9.59 Å². The van der Waals surface area contributed by atoms with Crippen LogP contribution in [0.15, 0.2) is 51.8 Å². The smallest absolute Gasteiger partial charge is 0.417 e. The Hall–Kier alpha value is -4.34. The number of aromatic nitrogens is 3. The summed E-state index contributed by atoms with van der Waals surface area (Å²) in [6.45, 7) is 5.31. The Morgan fingerprint density at radius 2 is 1.81 bits per heavy atom. The van der Waals surface area contributed by atoms with E-state index in [4.69, 9.17) is 9.15 Å². The molecule has 0 saturated heterocycles. The number of hydrogen-bond acceptors (Lipinski definition) is 8. The summed E-state index contributed by atoms with van der Waals surface area (Å²) in [7, 11) is 0. The number of carbonyl (C=O) groups is 1. The van der Waals surface area contributed by atoms with Gasteiger partial charge in [-0.3, -0.25) is 9.78 Å². The summed E-state index contributed by atoms with van der Waals surface area (Å²) in [6.07, 6.45) is 1.70. The number of H-pyrrole nitrogens is 1. The molecule has 162 valence electrons. The highest BCUT2D eigenvalue weighted by Gasteiger charge is 2.35. The van der Waals surface area contributed by atoms with Crippen LogP contribution < -0.4 is 26.4 Å². The van der Waals surface area contributed by atoms with E-state index in [-0.39, 0.29) is 5.91 Å². The number of hydrogen-bond donors (Lipinski definition) is 4. The molecular formula is C22H20N6O4. The van der Waals surface area contributed by atoms with Gasteiger partial charge >= 0.3 is 5.76 Å². The Bertz CT molecular complexity index is 1420. The van der Waals surface area contributed by atoms with Crippen LogP contribution in [0, 0.1) is 6.92 Å². The summed E-state index contributed by atoms with van der Waals surface area (Å²) in [6, 6.07) is 10.6. The molecule has 2 aromatic carbocycles. The lowest BCUT2D eigenvalue weighted by molar-refractivity contribution is -0.129. The normalized spacial score (nSPS) is 14.4. The highest BCUT2D eigenvalue weighted by molar-refractivity contribution is 6.00. The first-order valence-electron chi connectivity index (χ1n) is 9.92. The molecule has 0 unspecified atom stereocenters. The third kappa shape index (κ3) is 3.62. The molecule has 0 saturated carbocycles. The molecule has 0 bridgehead atoms. The number of amides is 1. The molecule has 0 fully saturated rings. The molecule has 2 aromatic heterocycles. The van der Waals surface area contributed by atoms with Gasteiger partial charge in [-0.25, -0.2) is 9.78 Å². The fourth-order valence-corrected chi connectivity index (χ4v) is 3.31. The fraction of sp³-hybridized carbons (Fsp3) is 0.182. The number of ether oxygens (including phenoxy) is 1. The van der Waals surface area contributed by atoms with Crippen molar-refractivity contribution in [2.75, 3.05) is 16.0 Å². The van der Waals surface area contributed by atoms with Crippen molar-refractivity contribution in [3.8, 4) is 5.75 Å². The quantitative estimate of drug-likeness (QED) is 0.382. The fourth-order valence-electron chi connectivity index (χ4n) is 3.31. The maximum Gasteiger partial charge on any atom is 0.417 e. The third-order valence-corrected chi connectivity index (χ3v) is 5.05. The monoisotopic (exact) mass is 432 g/mol. The molecule has 10 nitrogen and oxygen atoms in total. The summed E-state index contributed by atoms with van der Waals surface area (Å²) in [5, 5.41) is 9.24. The Labute approximate surface area is 182 Å². The van der Waals surface area contributed by atoms with E-state index >= 15 is 0 Å². The van der Waals surface area contributed by atoms with Crippen LogP contribution in [0.3, 0.4) is 0 Å². The summed E-state index contributed by atoms with van der Waals surface area (Å²) >= 11 is 0. The average Bonchev–Trinajstić information content (AvgIpc) is 3.10. The Kier molecular flexibility index (Phi) is 4.36. The molecule has 0 spiro atoms. The molecule has 4 aromatic rings. The average molecular weight is 432 g/mol. The van der Waals surface area contributed by atoms with Gasteiger partial charge in [-0.05, 0) is 51.1 Å². The van der Waals surface area contributed by atoms with Gasteiger partial charge in [-0.1, -0.05) is 0 Å². The van der Waals surface area contributed by atoms with Gasteiger partial charge in [0.15, 0.2) is 11.2 Å². The molecule has 0 aliphatic carbocycles. The molecule has 5 rings (SSSR count). The van der Waals surface area contributed by atoms with Crippen molar-refractivity contribution >= 4 is 45.8 Å². The number of aromatic amines is 1. The van der Waals surface area contributed by atoms with Gasteiger partial charge in [0.1, 0.15) is 11.6 Å². The third-order valence-electron chi connectivity index (χ3n) is 5.05. The van der Waals surface area contributed by atoms with E-state index < -0.39 is 11.4 Å². The van der Waals surface area contributed by atoms with Gasteiger partial charge < -0.3 is 25.1 Å². The molecule has 10 heteroatoms. The maximum atomic E-state index is 12.0. The van der Waals surface area contributed by atoms with Crippen molar-refractivity contribution < 1.29 is 13.9 Å². The van der Waals surface area contributed by atoms with E-state index in [0.29, 0.717) is 40.0 Å². The summed E-state index contributed by atoms with van der Waals surface area (Å²) < 4.78 is 10.9. The number of nitrogens with one attached hydrogen (secondary N) is 4. The zero-order chi connectivity index (χ0) is 22.5. The lowest BCUT2D eigenvalue weighted by Crippen LogP contribution is -2.45. The topological polar surface area (TPSA) is 134 Å². The summed E-state index contributed by atoms with van der Waals surface area (Å²) in [4.78, 5) is 35.0. The largest absolute Gasteiger partial charge is 0.476 e. The molecular weight excluding hydrogens is 412 g/mol. The van der Waals surface area contributed by atoms with Crippen LogP contribution in [-0.4, -0.2) is 26.5 Å². The van der Waals surface area contributed by atoms with E-state index in [0.717, 1.165) is 11.3 Å². The van der Waals surface area contributed by atoms with Crippen LogP contribution in [0.5, 0.6) is 5.75 Å². The minimum absolute atomic E-state index is 0.194. The van der Waals surface area contributed by atoms with E-state index in [1.807, 2.05) is 6.92 Å². The maximum absolute atomic E-state index is 12.0. The molecule has 1 aliphatic rings. The van der Waals surface area contributed by atoms with Crippen LogP contribution in [0.1, 0.15) is 19.4 Å². The predicted molar refractivity (Wildman–Crippen MR) is 120 cm³/mol. The molecule has 0 radical (unpaired) electrons. The van der Waals surface area contributed by atoms with E-state index in [1.165, 1.54) is 0 Å². The number of carbonyl (C=O) groups excluding carboxylic acids is 1. The molecule has 0 atom stereocenters. The predicted octanol–water partition coefficient (Wildman–Crippen LogP) is 3.82. The van der Waals surface area contributed by atoms with Crippen LogP contribution >= 0.6 is 0 Å². The number of benzene rings is 2. The van der Waals surface area contributed by atoms with Crippen LogP contribution in [0.4, 0.5) is 28.8 Å². The number of oxazole rings is 1. The van der Waals surface area contributed by atoms with Gasteiger partial charge in [-0.15, -0.1) is 0 Å². The minimum atomic E-state index is -0.955.